The van der Waals surface area contributed by atoms with Crippen LogP contribution >= 0.6 is 11.8 Å². The number of aromatic nitrogens is 4. The van der Waals surface area contributed by atoms with Gasteiger partial charge in [-0.15, -0.1) is 5.10 Å². The van der Waals surface area contributed by atoms with Gasteiger partial charge in [-0.05, 0) is 47.4 Å². The molecule has 0 saturated heterocycles. The SMILES string of the molecule is Cc1ccc(-n2nnnc2SC(C)C(=O)c2ccc(C(C)(C)C)cc2)cc1. The third-order valence-electron chi connectivity index (χ3n) is 4.41. The summed E-state index contributed by atoms with van der Waals surface area (Å²) < 4.78 is 1.66. The van der Waals surface area contributed by atoms with E-state index in [9.17, 15) is 4.79 Å². The lowest BCUT2D eigenvalue weighted by Crippen LogP contribution is -2.16. The molecule has 1 atom stereocenters. The normalized spacial score (nSPS) is 12.8. The van der Waals surface area contributed by atoms with Crippen molar-refractivity contribution in [2.24, 2.45) is 0 Å². The van der Waals surface area contributed by atoms with Crippen molar-refractivity contribution in [2.75, 3.05) is 0 Å². The van der Waals surface area contributed by atoms with Crippen LogP contribution in [0.15, 0.2) is 53.7 Å². The number of carbonyl (C=O) groups excluding carboxylic acids is 1. The Labute approximate surface area is 164 Å². The predicted octanol–water partition coefficient (Wildman–Crippen LogP) is 4.63. The second-order valence-electron chi connectivity index (χ2n) is 7.66. The number of tetrazole rings is 1. The number of hydrogen-bond acceptors (Lipinski definition) is 5. The van der Waals surface area contributed by atoms with Crippen LogP contribution in [0.1, 0.15) is 49.2 Å². The number of rotatable bonds is 5. The molecule has 0 amide bonds. The molecule has 0 aliphatic heterocycles. The van der Waals surface area contributed by atoms with E-state index in [1.54, 1.807) is 4.68 Å². The number of Topliss-reactive ketones (excluding diaryl/α,β-unsaturated/α-hetero) is 1. The molecule has 6 heteroatoms. The van der Waals surface area contributed by atoms with E-state index in [0.29, 0.717) is 10.7 Å². The smallest absolute Gasteiger partial charge is 0.214 e. The van der Waals surface area contributed by atoms with Gasteiger partial charge in [0.15, 0.2) is 5.78 Å². The van der Waals surface area contributed by atoms with Crippen molar-refractivity contribution in [1.29, 1.82) is 0 Å². The highest BCUT2D eigenvalue weighted by Crippen LogP contribution is 2.27. The Kier molecular flexibility index (Phi) is 5.46. The van der Waals surface area contributed by atoms with Gasteiger partial charge in [-0.3, -0.25) is 4.79 Å². The first-order chi connectivity index (χ1) is 12.8. The number of hydrogen-bond donors (Lipinski definition) is 0. The Hall–Kier alpha value is -2.47. The van der Waals surface area contributed by atoms with Gasteiger partial charge in [0.2, 0.25) is 5.16 Å². The van der Waals surface area contributed by atoms with Crippen LogP contribution in [0.25, 0.3) is 5.69 Å². The van der Waals surface area contributed by atoms with Crippen LogP contribution in [-0.4, -0.2) is 31.2 Å². The number of aryl methyl sites for hydroxylation is 1. The Balaban J connectivity index is 1.76. The summed E-state index contributed by atoms with van der Waals surface area (Å²) in [5.74, 6) is 0.0684. The molecule has 27 heavy (non-hydrogen) atoms. The largest absolute Gasteiger partial charge is 0.293 e. The van der Waals surface area contributed by atoms with Crippen molar-refractivity contribution in [2.45, 2.75) is 50.4 Å². The van der Waals surface area contributed by atoms with E-state index in [0.717, 1.165) is 5.69 Å². The maximum atomic E-state index is 12.8. The lowest BCUT2D eigenvalue weighted by Gasteiger charge is -2.19. The minimum atomic E-state index is -0.291. The van der Waals surface area contributed by atoms with Crippen molar-refractivity contribution in [1.82, 2.24) is 20.2 Å². The highest BCUT2D eigenvalue weighted by atomic mass is 32.2. The van der Waals surface area contributed by atoms with E-state index in [-0.39, 0.29) is 16.4 Å². The van der Waals surface area contributed by atoms with Crippen LogP contribution in [0, 0.1) is 6.92 Å². The lowest BCUT2D eigenvalue weighted by molar-refractivity contribution is 0.0994. The predicted molar refractivity (Wildman–Crippen MR) is 109 cm³/mol. The fourth-order valence-corrected chi connectivity index (χ4v) is 3.57. The summed E-state index contributed by atoms with van der Waals surface area (Å²) in [5, 5.41) is 12.2. The Morgan fingerprint density at radius 3 is 2.26 bits per heavy atom. The first-order valence-corrected chi connectivity index (χ1v) is 9.80. The van der Waals surface area contributed by atoms with Gasteiger partial charge in [-0.2, -0.15) is 4.68 Å². The molecule has 3 rings (SSSR count). The molecule has 0 fully saturated rings. The molecular formula is C21H24N4OS. The van der Waals surface area contributed by atoms with Gasteiger partial charge in [0.1, 0.15) is 0 Å². The molecule has 3 aromatic rings. The van der Waals surface area contributed by atoms with Crippen LogP contribution in [0.3, 0.4) is 0 Å². The van der Waals surface area contributed by atoms with Gasteiger partial charge in [0.25, 0.3) is 0 Å². The molecule has 0 bridgehead atoms. The molecule has 1 unspecified atom stereocenters. The van der Waals surface area contributed by atoms with Crippen LogP contribution in [0.5, 0.6) is 0 Å². The second-order valence-corrected chi connectivity index (χ2v) is 8.97. The summed E-state index contributed by atoms with van der Waals surface area (Å²) >= 11 is 1.37. The number of nitrogens with zero attached hydrogens (tertiary/aromatic N) is 4. The van der Waals surface area contributed by atoms with Crippen molar-refractivity contribution in [3.8, 4) is 5.69 Å². The molecule has 0 N–H and O–H groups in total. The molecule has 2 aromatic carbocycles. The van der Waals surface area contributed by atoms with Gasteiger partial charge in [0.05, 0.1) is 10.9 Å². The third kappa shape index (κ3) is 4.45. The summed E-state index contributed by atoms with van der Waals surface area (Å²) in [4.78, 5) is 12.8. The summed E-state index contributed by atoms with van der Waals surface area (Å²) in [5.41, 5.74) is 4.03. The van der Waals surface area contributed by atoms with Crippen LogP contribution in [0.2, 0.25) is 0 Å². The van der Waals surface area contributed by atoms with E-state index in [4.69, 9.17) is 0 Å². The Bertz CT molecular complexity index is 924. The molecule has 140 valence electrons. The average molecular weight is 381 g/mol. The zero-order valence-electron chi connectivity index (χ0n) is 16.3. The summed E-state index contributed by atoms with van der Waals surface area (Å²) in [7, 11) is 0. The fourth-order valence-electron chi connectivity index (χ4n) is 2.68. The minimum absolute atomic E-state index is 0.0675. The molecule has 0 radical (unpaired) electrons. The molecular weight excluding hydrogens is 356 g/mol. The molecule has 0 aliphatic carbocycles. The zero-order chi connectivity index (χ0) is 19.6. The van der Waals surface area contributed by atoms with Crippen molar-refractivity contribution >= 4 is 17.5 Å². The lowest BCUT2D eigenvalue weighted by atomic mass is 9.86. The fraction of sp³-hybridized carbons (Fsp3) is 0.333. The summed E-state index contributed by atoms with van der Waals surface area (Å²) in [6, 6.07) is 15.8. The first-order valence-electron chi connectivity index (χ1n) is 8.92. The standard InChI is InChI=1S/C21H24N4OS/c1-14-6-12-18(13-7-14)25-20(22-23-24-25)27-15(2)19(26)16-8-10-17(11-9-16)21(3,4)5/h6-13,15H,1-5H3. The number of thioether (sulfide) groups is 1. The van der Waals surface area contributed by atoms with Crippen molar-refractivity contribution in [3.63, 3.8) is 0 Å². The highest BCUT2D eigenvalue weighted by molar-refractivity contribution is 8.00. The van der Waals surface area contributed by atoms with Gasteiger partial charge < -0.3 is 0 Å². The van der Waals surface area contributed by atoms with E-state index in [1.807, 2.05) is 62.4 Å². The van der Waals surface area contributed by atoms with Gasteiger partial charge >= 0.3 is 0 Å². The van der Waals surface area contributed by atoms with E-state index in [1.165, 1.54) is 22.9 Å². The maximum absolute atomic E-state index is 12.8. The van der Waals surface area contributed by atoms with Gasteiger partial charge in [-0.25, -0.2) is 0 Å². The second kappa shape index (κ2) is 7.64. The van der Waals surface area contributed by atoms with E-state index < -0.39 is 0 Å². The van der Waals surface area contributed by atoms with E-state index in [2.05, 4.69) is 36.3 Å². The van der Waals surface area contributed by atoms with Crippen molar-refractivity contribution in [3.05, 3.63) is 65.2 Å². The quantitative estimate of drug-likeness (QED) is 0.477. The molecule has 0 saturated carbocycles. The maximum Gasteiger partial charge on any atom is 0.214 e. The average Bonchev–Trinajstić information content (AvgIpc) is 3.09. The van der Waals surface area contributed by atoms with E-state index >= 15 is 0 Å². The summed E-state index contributed by atoms with van der Waals surface area (Å²) in [6.07, 6.45) is 0. The van der Waals surface area contributed by atoms with Crippen LogP contribution < -0.4 is 0 Å². The topological polar surface area (TPSA) is 60.7 Å². The van der Waals surface area contributed by atoms with Crippen molar-refractivity contribution < 1.29 is 4.79 Å². The monoisotopic (exact) mass is 380 g/mol. The third-order valence-corrected chi connectivity index (χ3v) is 5.44. The minimum Gasteiger partial charge on any atom is -0.293 e. The van der Waals surface area contributed by atoms with Gasteiger partial charge in [0, 0.05) is 5.56 Å². The van der Waals surface area contributed by atoms with Gasteiger partial charge in [-0.1, -0.05) is 74.5 Å². The molecule has 0 spiro atoms. The molecule has 1 heterocycles. The Morgan fingerprint density at radius 2 is 1.67 bits per heavy atom. The molecule has 0 aliphatic rings. The zero-order valence-corrected chi connectivity index (χ0v) is 17.1. The molecule has 1 aromatic heterocycles. The highest BCUT2D eigenvalue weighted by Gasteiger charge is 2.21. The molecule has 5 nitrogen and oxygen atoms in total. The number of ketones is 1. The number of benzene rings is 2. The van der Waals surface area contributed by atoms with Crippen LogP contribution in [-0.2, 0) is 5.41 Å². The first kappa shape index (κ1) is 19.3. The van der Waals surface area contributed by atoms with Crippen LogP contribution in [0.4, 0.5) is 0 Å². The summed E-state index contributed by atoms with van der Waals surface area (Å²) in [6.45, 7) is 10.4. The number of carbonyl (C=O) groups is 1. The Morgan fingerprint density at radius 1 is 1.04 bits per heavy atom.